The van der Waals surface area contributed by atoms with Crippen LogP contribution in [0.1, 0.15) is 37.4 Å². The number of anilines is 1. The summed E-state index contributed by atoms with van der Waals surface area (Å²) in [7, 11) is 1.32. The Morgan fingerprint density at radius 3 is 2.28 bits per heavy atom. The molecule has 0 fully saturated rings. The zero-order valence-electron chi connectivity index (χ0n) is 17.9. The van der Waals surface area contributed by atoms with Crippen LogP contribution in [0.4, 0.5) is 5.13 Å². The van der Waals surface area contributed by atoms with Crippen LogP contribution in [-0.2, 0) is 4.74 Å². The Morgan fingerprint density at radius 1 is 0.938 bits per heavy atom. The second-order valence-corrected chi connectivity index (χ2v) is 8.32. The third-order valence-electron chi connectivity index (χ3n) is 4.86. The van der Waals surface area contributed by atoms with Gasteiger partial charge in [-0.3, -0.25) is 4.79 Å². The van der Waals surface area contributed by atoms with E-state index in [-0.39, 0.29) is 5.91 Å². The van der Waals surface area contributed by atoms with E-state index < -0.39 is 5.97 Å². The Morgan fingerprint density at radius 2 is 1.59 bits per heavy atom. The van der Waals surface area contributed by atoms with Crippen molar-refractivity contribution in [1.82, 2.24) is 4.98 Å². The minimum atomic E-state index is -0.459. The number of nitrogens with zero attached hydrogens (tertiary/aromatic N) is 3. The first-order chi connectivity index (χ1) is 15.4. The highest BCUT2D eigenvalue weighted by molar-refractivity contribution is 7.22. The Balaban J connectivity index is 1.72. The van der Waals surface area contributed by atoms with Crippen LogP contribution in [0.2, 0.25) is 0 Å². The SMILES string of the molecule is COC(=O)c1ccc(C(=O)N(/N=C/c2ccc(C)cc2)c2nc3ccc(C)cc3s2)cc1. The molecule has 0 saturated heterocycles. The maximum Gasteiger partial charge on any atom is 0.337 e. The van der Waals surface area contributed by atoms with Gasteiger partial charge in [-0.1, -0.05) is 47.2 Å². The molecule has 0 bridgehead atoms. The highest BCUT2D eigenvalue weighted by atomic mass is 32.1. The molecule has 160 valence electrons. The predicted molar refractivity (Wildman–Crippen MR) is 128 cm³/mol. The van der Waals surface area contributed by atoms with E-state index in [4.69, 9.17) is 4.74 Å². The van der Waals surface area contributed by atoms with Crippen molar-refractivity contribution in [3.63, 3.8) is 0 Å². The number of esters is 1. The van der Waals surface area contributed by atoms with E-state index in [1.807, 2.05) is 56.3 Å². The average Bonchev–Trinajstić information content (AvgIpc) is 3.22. The average molecular weight is 444 g/mol. The standard InChI is InChI=1S/C25H21N3O3S/c1-16-4-7-18(8-5-16)15-26-28(25-27-21-13-6-17(2)14-22(21)32-25)23(29)19-9-11-20(12-10-19)24(30)31-3/h4-15H,1-3H3/b26-15+. The number of ether oxygens (including phenoxy) is 1. The zero-order chi connectivity index (χ0) is 22.7. The van der Waals surface area contributed by atoms with Crippen LogP contribution >= 0.6 is 11.3 Å². The number of fused-ring (bicyclic) bond motifs is 1. The second kappa shape index (κ2) is 9.11. The number of hydrogen-bond acceptors (Lipinski definition) is 6. The smallest absolute Gasteiger partial charge is 0.337 e. The fourth-order valence-corrected chi connectivity index (χ4v) is 4.09. The van der Waals surface area contributed by atoms with E-state index in [1.165, 1.54) is 23.5 Å². The Kier molecular flexibility index (Phi) is 6.09. The maximum atomic E-state index is 13.4. The number of aromatic nitrogens is 1. The molecule has 32 heavy (non-hydrogen) atoms. The summed E-state index contributed by atoms with van der Waals surface area (Å²) in [6.45, 7) is 4.03. The number of benzene rings is 3. The topological polar surface area (TPSA) is 71.9 Å². The molecule has 0 radical (unpaired) electrons. The number of thiazole rings is 1. The number of aryl methyl sites for hydroxylation is 2. The molecule has 1 heterocycles. The molecule has 0 N–H and O–H groups in total. The van der Waals surface area contributed by atoms with Crippen LogP contribution in [0.5, 0.6) is 0 Å². The number of carbonyl (C=O) groups excluding carboxylic acids is 2. The molecule has 4 rings (SSSR count). The minimum Gasteiger partial charge on any atom is -0.465 e. The quantitative estimate of drug-likeness (QED) is 0.236. The number of methoxy groups -OCH3 is 1. The predicted octanol–water partition coefficient (Wildman–Crippen LogP) is 5.38. The van der Waals surface area contributed by atoms with Crippen molar-refractivity contribution >= 4 is 44.8 Å². The highest BCUT2D eigenvalue weighted by Crippen LogP contribution is 2.30. The van der Waals surface area contributed by atoms with Gasteiger partial charge in [0.1, 0.15) is 0 Å². The Labute approximate surface area is 189 Å². The van der Waals surface area contributed by atoms with E-state index in [0.29, 0.717) is 16.3 Å². The van der Waals surface area contributed by atoms with Gasteiger partial charge in [0.15, 0.2) is 0 Å². The van der Waals surface area contributed by atoms with Crippen molar-refractivity contribution in [3.05, 3.63) is 94.5 Å². The molecular weight excluding hydrogens is 422 g/mol. The number of amides is 1. The Hall–Kier alpha value is -3.84. The molecule has 6 nitrogen and oxygen atoms in total. The lowest BCUT2D eigenvalue weighted by Crippen LogP contribution is -2.25. The summed E-state index contributed by atoms with van der Waals surface area (Å²) in [5, 5.41) is 6.24. The van der Waals surface area contributed by atoms with Crippen LogP contribution in [0.25, 0.3) is 10.2 Å². The zero-order valence-corrected chi connectivity index (χ0v) is 18.7. The molecular formula is C25H21N3O3S. The molecule has 0 aliphatic heterocycles. The molecule has 7 heteroatoms. The van der Waals surface area contributed by atoms with E-state index in [1.54, 1.807) is 30.5 Å². The number of carbonyl (C=O) groups is 2. The van der Waals surface area contributed by atoms with E-state index in [2.05, 4.69) is 10.1 Å². The molecule has 0 spiro atoms. The number of hydrazone groups is 1. The van der Waals surface area contributed by atoms with Crippen LogP contribution in [0, 0.1) is 13.8 Å². The van der Waals surface area contributed by atoms with Crippen molar-refractivity contribution in [1.29, 1.82) is 0 Å². The summed E-state index contributed by atoms with van der Waals surface area (Å²) in [5.41, 5.74) is 4.68. The van der Waals surface area contributed by atoms with Crippen molar-refractivity contribution in [3.8, 4) is 0 Å². The third-order valence-corrected chi connectivity index (χ3v) is 5.85. The number of hydrogen-bond donors (Lipinski definition) is 0. The largest absolute Gasteiger partial charge is 0.465 e. The normalized spacial score (nSPS) is 11.1. The fourth-order valence-electron chi connectivity index (χ4n) is 3.06. The van der Waals surface area contributed by atoms with Crippen molar-refractivity contribution < 1.29 is 14.3 Å². The summed E-state index contributed by atoms with van der Waals surface area (Å²) in [5.74, 6) is -0.805. The van der Waals surface area contributed by atoms with E-state index in [0.717, 1.165) is 26.9 Å². The van der Waals surface area contributed by atoms with Crippen LogP contribution in [0.15, 0.2) is 71.8 Å². The first-order valence-electron chi connectivity index (χ1n) is 9.95. The van der Waals surface area contributed by atoms with Gasteiger partial charge in [0, 0.05) is 5.56 Å². The van der Waals surface area contributed by atoms with Crippen molar-refractivity contribution in [2.75, 3.05) is 12.1 Å². The first kappa shape index (κ1) is 21.4. The van der Waals surface area contributed by atoms with Gasteiger partial charge in [0.05, 0.1) is 29.1 Å². The molecule has 1 aromatic heterocycles. The summed E-state index contributed by atoms with van der Waals surface area (Å²) < 4.78 is 5.70. The fraction of sp³-hybridized carbons (Fsp3) is 0.120. The molecule has 1 amide bonds. The lowest BCUT2D eigenvalue weighted by molar-refractivity contribution is 0.0600. The maximum absolute atomic E-state index is 13.4. The molecule has 3 aromatic carbocycles. The van der Waals surface area contributed by atoms with Gasteiger partial charge in [-0.25, -0.2) is 9.78 Å². The molecule has 0 unspecified atom stereocenters. The van der Waals surface area contributed by atoms with Gasteiger partial charge in [-0.05, 0) is 61.4 Å². The van der Waals surface area contributed by atoms with Crippen molar-refractivity contribution in [2.45, 2.75) is 13.8 Å². The van der Waals surface area contributed by atoms with Crippen LogP contribution in [-0.4, -0.2) is 30.2 Å². The molecule has 0 saturated carbocycles. The Bertz CT molecular complexity index is 1310. The molecule has 0 atom stereocenters. The van der Waals surface area contributed by atoms with E-state index in [9.17, 15) is 9.59 Å². The highest BCUT2D eigenvalue weighted by Gasteiger charge is 2.21. The van der Waals surface area contributed by atoms with Gasteiger partial charge in [-0.15, -0.1) is 0 Å². The van der Waals surface area contributed by atoms with Gasteiger partial charge in [0.2, 0.25) is 5.13 Å². The summed E-state index contributed by atoms with van der Waals surface area (Å²) >= 11 is 1.40. The summed E-state index contributed by atoms with van der Waals surface area (Å²) in [6, 6.07) is 20.1. The number of rotatable bonds is 5. The summed E-state index contributed by atoms with van der Waals surface area (Å²) in [6.07, 6.45) is 1.64. The van der Waals surface area contributed by atoms with Gasteiger partial charge >= 0.3 is 5.97 Å². The van der Waals surface area contributed by atoms with Gasteiger partial charge in [0.25, 0.3) is 5.91 Å². The van der Waals surface area contributed by atoms with E-state index >= 15 is 0 Å². The molecule has 0 aliphatic rings. The lowest BCUT2D eigenvalue weighted by Gasteiger charge is -2.14. The molecule has 4 aromatic rings. The van der Waals surface area contributed by atoms with Gasteiger partial charge < -0.3 is 4.74 Å². The van der Waals surface area contributed by atoms with Crippen LogP contribution < -0.4 is 5.01 Å². The monoisotopic (exact) mass is 443 g/mol. The summed E-state index contributed by atoms with van der Waals surface area (Å²) in [4.78, 5) is 29.7. The van der Waals surface area contributed by atoms with Crippen molar-refractivity contribution in [2.24, 2.45) is 5.10 Å². The van der Waals surface area contributed by atoms with Crippen LogP contribution in [0.3, 0.4) is 0 Å². The second-order valence-electron chi connectivity index (χ2n) is 7.31. The third kappa shape index (κ3) is 4.58. The van der Waals surface area contributed by atoms with Gasteiger partial charge in [-0.2, -0.15) is 10.1 Å². The first-order valence-corrected chi connectivity index (χ1v) is 10.8. The minimum absolute atomic E-state index is 0.347. The lowest BCUT2D eigenvalue weighted by atomic mass is 10.1. The molecule has 0 aliphatic carbocycles.